The summed E-state index contributed by atoms with van der Waals surface area (Å²) in [6, 6.07) is 17.0. The normalized spacial score (nSPS) is 11.9. The van der Waals surface area contributed by atoms with E-state index in [9.17, 15) is 13.2 Å². The van der Waals surface area contributed by atoms with Gasteiger partial charge in [-0.3, -0.25) is 4.68 Å². The van der Waals surface area contributed by atoms with Gasteiger partial charge in [0.05, 0.1) is 16.7 Å². The van der Waals surface area contributed by atoms with Crippen molar-refractivity contribution < 1.29 is 23.1 Å². The minimum Gasteiger partial charge on any atom is -0.475 e. The summed E-state index contributed by atoms with van der Waals surface area (Å²) in [6.07, 6.45) is -5.08. The number of imidazole rings is 1. The zero-order valence-electron chi connectivity index (χ0n) is 18.9. The third kappa shape index (κ3) is 5.42. The first-order valence-electron chi connectivity index (χ1n) is 10.2. The Balaban J connectivity index is 0.000000383. The first-order valence-corrected chi connectivity index (χ1v) is 10.2. The van der Waals surface area contributed by atoms with Crippen molar-refractivity contribution in [3.05, 3.63) is 59.8 Å². The second kappa shape index (κ2) is 8.73. The number of aryl methyl sites for hydroxylation is 2. The lowest BCUT2D eigenvalue weighted by molar-refractivity contribution is -0.192. The SMILES string of the molecule is Cc1ccccc1-c1ccc2nc(-c3cc(C(C)(C)C)nn3C)[nH]c2c1.O=C(O)C(F)(F)F. The van der Waals surface area contributed by atoms with Crippen molar-refractivity contribution in [1.29, 1.82) is 0 Å². The molecule has 4 aromatic rings. The first kappa shape index (κ1) is 24.0. The highest BCUT2D eigenvalue weighted by atomic mass is 19.4. The van der Waals surface area contributed by atoms with Crippen LogP contribution in [0.1, 0.15) is 32.0 Å². The standard InChI is InChI=1S/C22H24N4.C2HF3O2/c1-14-8-6-7-9-16(14)15-10-11-17-18(12-15)24-21(23-17)19-13-20(22(2,3)4)25-26(19)5;3-2(4,5)1(6)7/h6-13H,1-5H3,(H,23,24);(H,6,7). The molecule has 0 aliphatic heterocycles. The maximum atomic E-state index is 10.6. The number of carbonyl (C=O) groups is 1. The molecule has 2 N–H and O–H groups in total. The zero-order valence-corrected chi connectivity index (χ0v) is 18.9. The van der Waals surface area contributed by atoms with E-state index in [4.69, 9.17) is 14.9 Å². The number of hydrogen-bond donors (Lipinski definition) is 2. The van der Waals surface area contributed by atoms with E-state index in [1.54, 1.807) is 0 Å². The van der Waals surface area contributed by atoms with E-state index in [0.29, 0.717) is 0 Å². The average molecular weight is 458 g/mol. The van der Waals surface area contributed by atoms with Gasteiger partial charge in [-0.05, 0) is 41.8 Å². The van der Waals surface area contributed by atoms with E-state index in [1.165, 1.54) is 16.7 Å². The highest BCUT2D eigenvalue weighted by Crippen LogP contribution is 2.29. The highest BCUT2D eigenvalue weighted by molar-refractivity contribution is 5.85. The number of nitrogens with zero attached hydrogens (tertiary/aromatic N) is 3. The summed E-state index contributed by atoms with van der Waals surface area (Å²) in [5.41, 5.74) is 7.81. The van der Waals surface area contributed by atoms with Crippen LogP contribution in [0.15, 0.2) is 48.5 Å². The maximum absolute atomic E-state index is 10.6. The van der Waals surface area contributed by atoms with Crippen LogP contribution in [-0.2, 0) is 17.3 Å². The molecule has 33 heavy (non-hydrogen) atoms. The molecule has 9 heteroatoms. The molecule has 0 aliphatic rings. The van der Waals surface area contributed by atoms with Crippen LogP contribution < -0.4 is 0 Å². The van der Waals surface area contributed by atoms with Gasteiger partial charge in [0.15, 0.2) is 5.82 Å². The fourth-order valence-electron chi connectivity index (χ4n) is 3.25. The predicted molar refractivity (Wildman–Crippen MR) is 121 cm³/mol. The van der Waals surface area contributed by atoms with Crippen LogP contribution in [0.4, 0.5) is 13.2 Å². The molecule has 2 aromatic carbocycles. The number of aromatic nitrogens is 4. The van der Waals surface area contributed by atoms with Crippen molar-refractivity contribution in [1.82, 2.24) is 19.7 Å². The van der Waals surface area contributed by atoms with E-state index in [-0.39, 0.29) is 5.41 Å². The summed E-state index contributed by atoms with van der Waals surface area (Å²) in [5.74, 6) is -1.90. The fourth-order valence-corrected chi connectivity index (χ4v) is 3.25. The summed E-state index contributed by atoms with van der Waals surface area (Å²) in [7, 11) is 1.97. The van der Waals surface area contributed by atoms with Crippen LogP contribution in [0.5, 0.6) is 0 Å². The molecule has 0 saturated heterocycles. The minimum absolute atomic E-state index is 0.0139. The Morgan fingerprint density at radius 2 is 1.70 bits per heavy atom. The highest BCUT2D eigenvalue weighted by Gasteiger charge is 2.38. The van der Waals surface area contributed by atoms with E-state index < -0.39 is 12.1 Å². The van der Waals surface area contributed by atoms with Crippen molar-refractivity contribution in [2.75, 3.05) is 0 Å². The number of carboxylic acids is 1. The number of hydrogen-bond acceptors (Lipinski definition) is 3. The van der Waals surface area contributed by atoms with Gasteiger partial charge in [-0.25, -0.2) is 9.78 Å². The summed E-state index contributed by atoms with van der Waals surface area (Å²) < 4.78 is 33.6. The Labute approximate surface area is 189 Å². The molecular weight excluding hydrogens is 433 g/mol. The molecule has 0 atom stereocenters. The van der Waals surface area contributed by atoms with E-state index in [1.807, 2.05) is 11.7 Å². The van der Waals surface area contributed by atoms with Crippen LogP contribution in [0.2, 0.25) is 0 Å². The van der Waals surface area contributed by atoms with Crippen molar-refractivity contribution >= 4 is 17.0 Å². The number of H-pyrrole nitrogens is 1. The summed E-state index contributed by atoms with van der Waals surface area (Å²) in [5, 5.41) is 11.8. The molecule has 0 bridgehead atoms. The lowest BCUT2D eigenvalue weighted by atomic mass is 9.92. The molecular formula is C24H25F3N4O2. The molecule has 2 heterocycles. The van der Waals surface area contributed by atoms with Crippen LogP contribution in [0, 0.1) is 6.92 Å². The second-order valence-electron chi connectivity index (χ2n) is 8.72. The van der Waals surface area contributed by atoms with Gasteiger partial charge in [0.25, 0.3) is 0 Å². The molecule has 0 amide bonds. The summed E-state index contributed by atoms with van der Waals surface area (Å²) >= 11 is 0. The third-order valence-electron chi connectivity index (χ3n) is 5.07. The van der Waals surface area contributed by atoms with Gasteiger partial charge in [0.2, 0.25) is 0 Å². The Bertz CT molecular complexity index is 1300. The van der Waals surface area contributed by atoms with Gasteiger partial charge >= 0.3 is 12.1 Å². The lowest BCUT2D eigenvalue weighted by Gasteiger charge is -2.13. The molecule has 0 radical (unpaired) electrons. The van der Waals surface area contributed by atoms with E-state index >= 15 is 0 Å². The smallest absolute Gasteiger partial charge is 0.475 e. The molecule has 6 nitrogen and oxygen atoms in total. The molecule has 0 saturated carbocycles. The largest absolute Gasteiger partial charge is 0.490 e. The van der Waals surface area contributed by atoms with Crippen molar-refractivity contribution in [2.45, 2.75) is 39.3 Å². The number of benzene rings is 2. The van der Waals surface area contributed by atoms with Gasteiger partial charge < -0.3 is 10.1 Å². The van der Waals surface area contributed by atoms with Gasteiger partial charge in [-0.2, -0.15) is 18.3 Å². The number of fused-ring (bicyclic) bond motifs is 1. The van der Waals surface area contributed by atoms with Crippen molar-refractivity contribution in [2.24, 2.45) is 7.05 Å². The van der Waals surface area contributed by atoms with Crippen LogP contribution in [0.3, 0.4) is 0 Å². The molecule has 0 unspecified atom stereocenters. The molecule has 0 spiro atoms. The Kier molecular flexibility index (Phi) is 6.35. The van der Waals surface area contributed by atoms with E-state index in [2.05, 4.69) is 86.3 Å². The number of alkyl halides is 3. The van der Waals surface area contributed by atoms with Crippen LogP contribution in [-0.4, -0.2) is 37.0 Å². The zero-order chi connectivity index (χ0) is 24.6. The van der Waals surface area contributed by atoms with Gasteiger partial charge in [-0.1, -0.05) is 51.1 Å². The topological polar surface area (TPSA) is 83.8 Å². The fraction of sp³-hybridized carbons (Fsp3) is 0.292. The maximum Gasteiger partial charge on any atom is 0.490 e. The number of rotatable bonds is 2. The van der Waals surface area contributed by atoms with Crippen molar-refractivity contribution in [3.8, 4) is 22.6 Å². The quantitative estimate of drug-likeness (QED) is 0.394. The van der Waals surface area contributed by atoms with E-state index in [0.717, 1.165) is 28.2 Å². The van der Waals surface area contributed by atoms with Crippen LogP contribution >= 0.6 is 0 Å². The Morgan fingerprint density at radius 3 is 2.24 bits per heavy atom. The molecule has 0 fully saturated rings. The summed E-state index contributed by atoms with van der Waals surface area (Å²) in [4.78, 5) is 17.2. The average Bonchev–Trinajstić information content (AvgIpc) is 3.30. The lowest BCUT2D eigenvalue weighted by Crippen LogP contribution is -2.21. The number of carboxylic acid groups (broad SMARTS) is 1. The minimum atomic E-state index is -5.08. The molecule has 4 rings (SSSR count). The summed E-state index contributed by atoms with van der Waals surface area (Å²) in [6.45, 7) is 8.66. The number of halogens is 3. The molecule has 0 aliphatic carbocycles. The van der Waals surface area contributed by atoms with Crippen molar-refractivity contribution in [3.63, 3.8) is 0 Å². The number of aromatic amines is 1. The van der Waals surface area contributed by atoms with Gasteiger partial charge in [0.1, 0.15) is 5.69 Å². The van der Waals surface area contributed by atoms with Gasteiger partial charge in [-0.15, -0.1) is 0 Å². The number of nitrogens with one attached hydrogen (secondary N) is 1. The molecule has 174 valence electrons. The van der Waals surface area contributed by atoms with Crippen LogP contribution in [0.25, 0.3) is 33.7 Å². The Morgan fingerprint density at radius 1 is 1.06 bits per heavy atom. The van der Waals surface area contributed by atoms with Gasteiger partial charge in [0, 0.05) is 12.5 Å². The molecule has 2 aromatic heterocycles. The monoisotopic (exact) mass is 458 g/mol. The first-order chi connectivity index (χ1) is 15.3. The third-order valence-corrected chi connectivity index (χ3v) is 5.07. The number of aliphatic carboxylic acids is 1. The second-order valence-corrected chi connectivity index (χ2v) is 8.72. The predicted octanol–water partition coefficient (Wildman–Crippen LogP) is 5.87. The Hall–Kier alpha value is -3.62.